The zero-order valence-electron chi connectivity index (χ0n) is 15.2. The van der Waals surface area contributed by atoms with Gasteiger partial charge in [-0.1, -0.05) is 51.1 Å². The molecule has 24 heavy (non-hydrogen) atoms. The minimum atomic E-state index is -0.446. The van der Waals surface area contributed by atoms with E-state index in [9.17, 15) is 4.79 Å². The maximum absolute atomic E-state index is 12.5. The minimum Gasteiger partial charge on any atom is -0.352 e. The van der Waals surface area contributed by atoms with E-state index in [0.717, 1.165) is 26.1 Å². The lowest BCUT2D eigenvalue weighted by Crippen LogP contribution is -2.52. The van der Waals surface area contributed by atoms with Gasteiger partial charge in [-0.2, -0.15) is 0 Å². The number of amides is 1. The third kappa shape index (κ3) is 3.81. The van der Waals surface area contributed by atoms with Crippen LogP contribution in [0.1, 0.15) is 39.2 Å². The Labute approximate surface area is 145 Å². The summed E-state index contributed by atoms with van der Waals surface area (Å²) in [5.41, 5.74) is 7.29. The van der Waals surface area contributed by atoms with Gasteiger partial charge in [0.2, 0.25) is 5.91 Å². The third-order valence-electron chi connectivity index (χ3n) is 5.72. The Hall–Kier alpha value is -1.39. The van der Waals surface area contributed by atoms with E-state index in [-0.39, 0.29) is 17.4 Å². The van der Waals surface area contributed by atoms with Crippen molar-refractivity contribution in [2.24, 2.45) is 23.0 Å². The topological polar surface area (TPSA) is 58.4 Å². The lowest BCUT2D eigenvalue weighted by Gasteiger charge is -2.29. The third-order valence-corrected chi connectivity index (χ3v) is 5.72. The Kier molecular flexibility index (Phi) is 4.97. The number of fused-ring (bicyclic) bond motifs is 1. The molecule has 1 aromatic rings. The molecule has 1 saturated heterocycles. The number of carbonyl (C=O) groups excluding carboxylic acids is 1. The molecule has 3 rings (SSSR count). The molecule has 0 spiro atoms. The lowest BCUT2D eigenvalue weighted by molar-refractivity contribution is -0.125. The fourth-order valence-corrected chi connectivity index (χ4v) is 4.17. The molecule has 3 unspecified atom stereocenters. The van der Waals surface area contributed by atoms with Gasteiger partial charge < -0.3 is 11.1 Å². The molecule has 1 amide bonds. The molecule has 4 nitrogen and oxygen atoms in total. The number of nitrogens with two attached hydrogens (primary N) is 1. The maximum Gasteiger partial charge on any atom is 0.237 e. The summed E-state index contributed by atoms with van der Waals surface area (Å²) in [5, 5.41) is 3.25. The molecule has 4 atom stereocenters. The van der Waals surface area contributed by atoms with E-state index < -0.39 is 6.04 Å². The number of benzene rings is 1. The quantitative estimate of drug-likeness (QED) is 0.892. The van der Waals surface area contributed by atoms with E-state index >= 15 is 0 Å². The number of nitrogens with zero attached hydrogens (tertiary/aromatic N) is 1. The molecule has 0 aromatic heterocycles. The van der Waals surface area contributed by atoms with E-state index in [2.05, 4.69) is 40.5 Å². The fraction of sp³-hybridized carbons (Fsp3) is 0.650. The normalized spacial score (nSPS) is 28.6. The van der Waals surface area contributed by atoms with Crippen LogP contribution in [0.25, 0.3) is 0 Å². The maximum atomic E-state index is 12.5. The summed E-state index contributed by atoms with van der Waals surface area (Å²) < 4.78 is 0. The molecule has 1 aromatic carbocycles. The first-order valence-corrected chi connectivity index (χ1v) is 9.17. The SMILES string of the molecule is CC(C)(C)C(N)C(=O)NC1CC[C@H]2CN(Cc3ccccc3)CC12. The first-order valence-electron chi connectivity index (χ1n) is 9.17. The molecule has 0 radical (unpaired) electrons. The summed E-state index contributed by atoms with van der Waals surface area (Å²) in [6, 6.07) is 10.5. The number of rotatable bonds is 4. The molecule has 2 fully saturated rings. The molecule has 1 heterocycles. The van der Waals surface area contributed by atoms with Crippen LogP contribution in [-0.4, -0.2) is 36.0 Å². The van der Waals surface area contributed by atoms with Crippen LogP contribution < -0.4 is 11.1 Å². The van der Waals surface area contributed by atoms with Gasteiger partial charge in [0, 0.05) is 25.7 Å². The van der Waals surface area contributed by atoms with Gasteiger partial charge >= 0.3 is 0 Å². The van der Waals surface area contributed by atoms with Crippen molar-refractivity contribution < 1.29 is 4.79 Å². The highest BCUT2D eigenvalue weighted by atomic mass is 16.2. The highest BCUT2D eigenvalue weighted by Crippen LogP contribution is 2.38. The molecule has 2 aliphatic rings. The molecule has 1 aliphatic heterocycles. The fourth-order valence-electron chi connectivity index (χ4n) is 4.17. The molecule has 0 bridgehead atoms. The molecular formula is C20H31N3O. The highest BCUT2D eigenvalue weighted by Gasteiger charge is 2.43. The average molecular weight is 329 g/mol. The summed E-state index contributed by atoms with van der Waals surface area (Å²) in [4.78, 5) is 15.0. The monoisotopic (exact) mass is 329 g/mol. The van der Waals surface area contributed by atoms with Gasteiger partial charge in [-0.25, -0.2) is 0 Å². The zero-order valence-corrected chi connectivity index (χ0v) is 15.2. The number of nitrogens with one attached hydrogen (secondary N) is 1. The minimum absolute atomic E-state index is 0.00894. The first kappa shape index (κ1) is 17.4. The number of hydrogen-bond donors (Lipinski definition) is 2. The zero-order chi connectivity index (χ0) is 17.3. The van der Waals surface area contributed by atoms with Gasteiger partial charge in [0.15, 0.2) is 0 Å². The number of likely N-dealkylation sites (tertiary alicyclic amines) is 1. The van der Waals surface area contributed by atoms with Gasteiger partial charge in [-0.05, 0) is 35.7 Å². The van der Waals surface area contributed by atoms with Crippen LogP contribution in [-0.2, 0) is 11.3 Å². The summed E-state index contributed by atoms with van der Waals surface area (Å²) in [5.74, 6) is 1.30. The van der Waals surface area contributed by atoms with Gasteiger partial charge in [0.1, 0.15) is 0 Å². The predicted molar refractivity (Wildman–Crippen MR) is 97.3 cm³/mol. The Morgan fingerprint density at radius 3 is 2.62 bits per heavy atom. The van der Waals surface area contributed by atoms with Gasteiger partial charge in [0.25, 0.3) is 0 Å². The first-order chi connectivity index (χ1) is 11.3. The second-order valence-corrected chi connectivity index (χ2v) is 8.64. The second-order valence-electron chi connectivity index (χ2n) is 8.64. The van der Waals surface area contributed by atoms with Crippen molar-refractivity contribution in [2.75, 3.05) is 13.1 Å². The van der Waals surface area contributed by atoms with Crippen molar-refractivity contribution in [3.63, 3.8) is 0 Å². The summed E-state index contributed by atoms with van der Waals surface area (Å²) in [6.07, 6.45) is 2.31. The molecule has 4 heteroatoms. The van der Waals surface area contributed by atoms with Gasteiger partial charge in [-0.3, -0.25) is 9.69 Å². The van der Waals surface area contributed by atoms with Crippen LogP contribution in [0.15, 0.2) is 30.3 Å². The van der Waals surface area contributed by atoms with Crippen LogP contribution in [0.2, 0.25) is 0 Å². The van der Waals surface area contributed by atoms with Gasteiger partial charge in [-0.15, -0.1) is 0 Å². The van der Waals surface area contributed by atoms with E-state index in [1.165, 1.54) is 12.0 Å². The van der Waals surface area contributed by atoms with Crippen molar-refractivity contribution in [1.82, 2.24) is 10.2 Å². The van der Waals surface area contributed by atoms with Crippen LogP contribution in [0.4, 0.5) is 0 Å². The van der Waals surface area contributed by atoms with Crippen LogP contribution in [0.3, 0.4) is 0 Å². The van der Waals surface area contributed by atoms with Crippen molar-refractivity contribution in [3.8, 4) is 0 Å². The molecule has 1 aliphatic carbocycles. The van der Waals surface area contributed by atoms with E-state index in [1.807, 2.05) is 20.8 Å². The Balaban J connectivity index is 1.56. The Morgan fingerprint density at radius 1 is 1.25 bits per heavy atom. The smallest absolute Gasteiger partial charge is 0.237 e. The van der Waals surface area contributed by atoms with E-state index in [4.69, 9.17) is 5.73 Å². The Morgan fingerprint density at radius 2 is 1.96 bits per heavy atom. The van der Waals surface area contributed by atoms with Crippen LogP contribution in [0.5, 0.6) is 0 Å². The predicted octanol–water partition coefficient (Wildman–Crippen LogP) is 2.39. The van der Waals surface area contributed by atoms with E-state index in [1.54, 1.807) is 0 Å². The van der Waals surface area contributed by atoms with Crippen molar-refractivity contribution >= 4 is 5.91 Å². The molecule has 3 N–H and O–H groups in total. The summed E-state index contributed by atoms with van der Waals surface area (Å²) in [7, 11) is 0. The van der Waals surface area contributed by atoms with Crippen molar-refractivity contribution in [1.29, 1.82) is 0 Å². The van der Waals surface area contributed by atoms with Crippen LogP contribution in [0, 0.1) is 17.3 Å². The van der Waals surface area contributed by atoms with Gasteiger partial charge in [0.05, 0.1) is 6.04 Å². The Bertz CT molecular complexity index is 566. The van der Waals surface area contributed by atoms with Crippen molar-refractivity contribution in [2.45, 2.75) is 52.2 Å². The van der Waals surface area contributed by atoms with Crippen molar-refractivity contribution in [3.05, 3.63) is 35.9 Å². The highest BCUT2D eigenvalue weighted by molar-refractivity contribution is 5.82. The number of carbonyl (C=O) groups is 1. The van der Waals surface area contributed by atoms with Crippen LogP contribution >= 0.6 is 0 Å². The lowest BCUT2D eigenvalue weighted by atomic mass is 9.86. The van der Waals surface area contributed by atoms with E-state index in [0.29, 0.717) is 11.8 Å². The second kappa shape index (κ2) is 6.85. The average Bonchev–Trinajstić information content (AvgIpc) is 3.08. The summed E-state index contributed by atoms with van der Waals surface area (Å²) >= 11 is 0. The molecule has 1 saturated carbocycles. The number of hydrogen-bond acceptors (Lipinski definition) is 3. The molecule has 132 valence electrons. The standard InChI is InChI=1S/C20H31N3O/c1-20(2,3)18(21)19(24)22-17-10-9-15-12-23(13-16(15)17)11-14-7-5-4-6-8-14/h4-8,15-18H,9-13,21H2,1-3H3,(H,22,24)/t15-,16?,17?,18?/m0/s1. The largest absolute Gasteiger partial charge is 0.352 e. The molecular weight excluding hydrogens is 298 g/mol. The summed E-state index contributed by atoms with van der Waals surface area (Å²) in [6.45, 7) is 9.30.